The van der Waals surface area contributed by atoms with Gasteiger partial charge in [0.05, 0.1) is 17.5 Å². The number of benzene rings is 4. The minimum absolute atomic E-state index is 0.498. The fraction of sp³-hybridized carbons (Fsp3) is 0.200. The molecule has 4 nitrogen and oxygen atoms in total. The van der Waals surface area contributed by atoms with Gasteiger partial charge in [0.1, 0.15) is 29.4 Å². The highest BCUT2D eigenvalue weighted by Gasteiger charge is 2.28. The number of aryl methyl sites for hydroxylation is 2. The summed E-state index contributed by atoms with van der Waals surface area (Å²) in [6, 6.07) is 20.7. The van der Waals surface area contributed by atoms with Crippen LogP contribution in [0, 0.1) is 26.3 Å². The van der Waals surface area contributed by atoms with Crippen molar-refractivity contribution in [1.82, 2.24) is 0 Å². The Hall–Kier alpha value is -4.62. The van der Waals surface area contributed by atoms with Crippen LogP contribution in [-0.4, -0.2) is 0 Å². The highest BCUT2D eigenvalue weighted by Crippen LogP contribution is 2.44. The SMILES string of the molecule is [C-]#[N+]c1ccc2c(c1)oc1c(-c3c4ccc5c6ccccc6oc5c4c(CC(C)C)c[n+]3C)c(C)c(C)cc12. The quantitative estimate of drug-likeness (QED) is 0.176. The lowest BCUT2D eigenvalue weighted by Gasteiger charge is -2.14. The van der Waals surface area contributed by atoms with Gasteiger partial charge in [0, 0.05) is 32.5 Å². The molecule has 4 aromatic carbocycles. The van der Waals surface area contributed by atoms with Crippen LogP contribution >= 0.6 is 0 Å². The molecule has 0 radical (unpaired) electrons. The van der Waals surface area contributed by atoms with Crippen LogP contribution in [0.3, 0.4) is 0 Å². The fourth-order valence-corrected chi connectivity index (χ4v) is 6.24. The van der Waals surface area contributed by atoms with Crippen molar-refractivity contribution >= 4 is 60.3 Å². The first-order valence-corrected chi connectivity index (χ1v) is 13.5. The third kappa shape index (κ3) is 3.40. The maximum Gasteiger partial charge on any atom is 0.224 e. The Morgan fingerprint density at radius 3 is 2.33 bits per heavy atom. The monoisotopic (exact) mass is 509 g/mol. The second-order valence-electron chi connectivity index (χ2n) is 11.1. The second-order valence-corrected chi connectivity index (χ2v) is 11.1. The molecule has 3 heterocycles. The Morgan fingerprint density at radius 1 is 0.821 bits per heavy atom. The number of nitrogens with zero attached hydrogens (tertiary/aromatic N) is 2. The summed E-state index contributed by atoms with van der Waals surface area (Å²) in [5.41, 5.74) is 9.90. The van der Waals surface area contributed by atoms with E-state index >= 15 is 0 Å². The Kier molecular flexibility index (Phi) is 5.09. The zero-order valence-corrected chi connectivity index (χ0v) is 22.8. The van der Waals surface area contributed by atoms with Crippen LogP contribution in [0.5, 0.6) is 0 Å². The summed E-state index contributed by atoms with van der Waals surface area (Å²) in [4.78, 5) is 3.62. The minimum Gasteiger partial charge on any atom is -0.456 e. The molecule has 0 bridgehead atoms. The molecule has 0 amide bonds. The summed E-state index contributed by atoms with van der Waals surface area (Å²) in [6.45, 7) is 16.3. The zero-order chi connectivity index (χ0) is 27.0. The van der Waals surface area contributed by atoms with Crippen LogP contribution in [0.25, 0.3) is 70.8 Å². The fourth-order valence-electron chi connectivity index (χ4n) is 6.24. The third-order valence-corrected chi connectivity index (χ3v) is 8.09. The van der Waals surface area contributed by atoms with Gasteiger partial charge < -0.3 is 8.83 Å². The van der Waals surface area contributed by atoms with E-state index in [0.717, 1.165) is 66.9 Å². The molecule has 0 N–H and O–H groups in total. The second kappa shape index (κ2) is 8.44. The van der Waals surface area contributed by atoms with E-state index in [9.17, 15) is 0 Å². The van der Waals surface area contributed by atoms with Gasteiger partial charge in [-0.25, -0.2) is 9.41 Å². The molecular formula is C35H29N2O2+. The number of pyridine rings is 1. The first-order chi connectivity index (χ1) is 18.9. The molecule has 0 fully saturated rings. The van der Waals surface area contributed by atoms with Crippen LogP contribution in [-0.2, 0) is 13.5 Å². The summed E-state index contributed by atoms with van der Waals surface area (Å²) in [5, 5.41) is 6.71. The van der Waals surface area contributed by atoms with Gasteiger partial charge >= 0.3 is 0 Å². The number of aromatic nitrogens is 1. The van der Waals surface area contributed by atoms with Crippen LogP contribution < -0.4 is 4.57 Å². The van der Waals surface area contributed by atoms with E-state index in [4.69, 9.17) is 15.4 Å². The first kappa shape index (κ1) is 23.5. The normalized spacial score (nSPS) is 12.0. The van der Waals surface area contributed by atoms with Crippen LogP contribution in [0.15, 0.2) is 75.7 Å². The van der Waals surface area contributed by atoms with Gasteiger partial charge in [0.15, 0.2) is 11.9 Å². The topological polar surface area (TPSA) is 34.5 Å². The molecule has 0 aliphatic rings. The zero-order valence-electron chi connectivity index (χ0n) is 22.8. The Morgan fingerprint density at radius 2 is 1.54 bits per heavy atom. The number of fused-ring (bicyclic) bond motifs is 8. The van der Waals surface area contributed by atoms with Crippen LogP contribution in [0.2, 0.25) is 0 Å². The summed E-state index contributed by atoms with van der Waals surface area (Å²) in [6.07, 6.45) is 3.23. The van der Waals surface area contributed by atoms with E-state index in [0.29, 0.717) is 11.6 Å². The van der Waals surface area contributed by atoms with Gasteiger partial charge in [-0.15, -0.1) is 0 Å². The molecule has 0 unspecified atom stereocenters. The third-order valence-electron chi connectivity index (χ3n) is 8.09. The summed E-state index contributed by atoms with van der Waals surface area (Å²) in [5.74, 6) is 0.498. The molecule has 0 aliphatic heterocycles. The highest BCUT2D eigenvalue weighted by atomic mass is 16.3. The van der Waals surface area contributed by atoms with Crippen molar-refractivity contribution in [3.8, 4) is 11.3 Å². The maximum absolute atomic E-state index is 7.46. The van der Waals surface area contributed by atoms with Crippen LogP contribution in [0.4, 0.5) is 5.69 Å². The largest absolute Gasteiger partial charge is 0.456 e. The van der Waals surface area contributed by atoms with Crippen LogP contribution in [0.1, 0.15) is 30.5 Å². The number of hydrogen-bond donors (Lipinski definition) is 0. The first-order valence-electron chi connectivity index (χ1n) is 13.5. The predicted octanol–water partition coefficient (Wildman–Crippen LogP) is 9.50. The van der Waals surface area contributed by atoms with E-state index in [1.54, 1.807) is 0 Å². The molecule has 7 aromatic rings. The lowest BCUT2D eigenvalue weighted by molar-refractivity contribution is -0.659. The van der Waals surface area contributed by atoms with E-state index in [1.165, 1.54) is 22.1 Å². The van der Waals surface area contributed by atoms with Gasteiger partial charge in [-0.3, -0.25) is 0 Å². The van der Waals surface area contributed by atoms with Crippen molar-refractivity contribution in [3.05, 3.63) is 95.0 Å². The molecular weight excluding hydrogens is 480 g/mol. The highest BCUT2D eigenvalue weighted by molar-refractivity contribution is 6.19. The van der Waals surface area contributed by atoms with E-state index in [1.807, 2.05) is 30.3 Å². The molecule has 4 heteroatoms. The number of rotatable bonds is 3. The van der Waals surface area contributed by atoms with Gasteiger partial charge in [-0.2, -0.15) is 0 Å². The minimum atomic E-state index is 0.498. The average molecular weight is 510 g/mol. The molecule has 0 aliphatic carbocycles. The van der Waals surface area contributed by atoms with Gasteiger partial charge in [0.2, 0.25) is 5.69 Å². The van der Waals surface area contributed by atoms with Gasteiger partial charge in [-0.1, -0.05) is 44.2 Å². The van der Waals surface area contributed by atoms with Crippen molar-refractivity contribution in [3.63, 3.8) is 0 Å². The molecule has 0 atom stereocenters. The standard InChI is InChI=1S/C35H29N2O2/c1-19(2)15-22-18-37(6)33(27-14-13-26-24-9-7-8-10-29(24)38-34(26)32(22)27)31-21(4)20(3)16-28-25-12-11-23(36-5)17-30(25)39-35(28)31/h7-14,16-19H,15H2,1-4,6H3/q+1. The van der Waals surface area contributed by atoms with Crippen molar-refractivity contribution < 1.29 is 13.4 Å². The Labute approximate surface area is 226 Å². The summed E-state index contributed by atoms with van der Waals surface area (Å²) in [7, 11) is 2.13. The lowest BCUT2D eigenvalue weighted by Crippen LogP contribution is -2.32. The van der Waals surface area contributed by atoms with Crippen molar-refractivity contribution in [2.45, 2.75) is 34.1 Å². The molecule has 190 valence electrons. The molecule has 0 saturated carbocycles. The Balaban J connectivity index is 1.66. The van der Waals surface area contributed by atoms with Gasteiger partial charge in [0.25, 0.3) is 0 Å². The molecule has 0 saturated heterocycles. The summed E-state index contributed by atoms with van der Waals surface area (Å²) >= 11 is 0. The van der Waals surface area contributed by atoms with Gasteiger partial charge in [-0.05, 0) is 67.6 Å². The van der Waals surface area contributed by atoms with Crippen molar-refractivity contribution in [1.29, 1.82) is 0 Å². The number of hydrogen-bond acceptors (Lipinski definition) is 2. The molecule has 0 spiro atoms. The van der Waals surface area contributed by atoms with Crippen molar-refractivity contribution in [2.75, 3.05) is 0 Å². The lowest BCUT2D eigenvalue weighted by atomic mass is 9.90. The predicted molar refractivity (Wildman–Crippen MR) is 159 cm³/mol. The van der Waals surface area contributed by atoms with Crippen molar-refractivity contribution in [2.24, 2.45) is 13.0 Å². The maximum atomic E-state index is 7.46. The number of para-hydroxylation sites is 1. The van der Waals surface area contributed by atoms with E-state index in [-0.39, 0.29) is 0 Å². The van der Waals surface area contributed by atoms with E-state index in [2.05, 4.69) is 80.7 Å². The average Bonchev–Trinajstić information content (AvgIpc) is 3.47. The molecule has 3 aromatic heterocycles. The molecule has 39 heavy (non-hydrogen) atoms. The molecule has 7 rings (SSSR count). The van der Waals surface area contributed by atoms with E-state index < -0.39 is 0 Å². The smallest absolute Gasteiger partial charge is 0.224 e. The number of furan rings is 2. The Bertz CT molecular complexity index is 2170. The summed E-state index contributed by atoms with van der Waals surface area (Å²) < 4.78 is 15.4.